The number of anilines is 1. The largest absolute Gasteiger partial charge is 0.491 e. The molecule has 3 aromatic rings. The predicted molar refractivity (Wildman–Crippen MR) is 140 cm³/mol. The lowest BCUT2D eigenvalue weighted by Gasteiger charge is -2.29. The van der Waals surface area contributed by atoms with Gasteiger partial charge in [-0.3, -0.25) is 4.79 Å². The van der Waals surface area contributed by atoms with Gasteiger partial charge in [-0.15, -0.1) is 0 Å². The molecular formula is C28H30F2N2O7. The Balaban J connectivity index is 0.000000230. The number of halogens is 2. The summed E-state index contributed by atoms with van der Waals surface area (Å²) in [5, 5.41) is 2.74. The smallest absolute Gasteiger partial charge is 0.350 e. The minimum absolute atomic E-state index is 0.0519. The highest BCUT2D eigenvalue weighted by Crippen LogP contribution is 2.28. The molecule has 2 N–H and O–H groups in total. The Morgan fingerprint density at radius 2 is 1.54 bits per heavy atom. The number of H-pyrrole nitrogens is 1. The molecule has 0 radical (unpaired) electrons. The van der Waals surface area contributed by atoms with Crippen molar-refractivity contribution in [3.8, 4) is 11.5 Å². The summed E-state index contributed by atoms with van der Waals surface area (Å²) >= 11 is 0. The lowest BCUT2D eigenvalue weighted by Crippen LogP contribution is -2.42. The van der Waals surface area contributed by atoms with Crippen LogP contribution in [-0.2, 0) is 19.1 Å². The van der Waals surface area contributed by atoms with E-state index < -0.39 is 29.4 Å². The van der Waals surface area contributed by atoms with Gasteiger partial charge in [-0.05, 0) is 37.1 Å². The van der Waals surface area contributed by atoms with E-state index in [4.69, 9.17) is 18.9 Å². The summed E-state index contributed by atoms with van der Waals surface area (Å²) in [6.07, 6.45) is 4.25. The van der Waals surface area contributed by atoms with Crippen LogP contribution in [0, 0.1) is 11.6 Å². The van der Waals surface area contributed by atoms with E-state index in [1.807, 2.05) is 13.8 Å². The zero-order valence-electron chi connectivity index (χ0n) is 22.1. The van der Waals surface area contributed by atoms with Crippen molar-refractivity contribution in [2.24, 2.45) is 0 Å². The van der Waals surface area contributed by atoms with E-state index >= 15 is 0 Å². The second-order valence-corrected chi connectivity index (χ2v) is 8.86. The molecule has 208 valence electrons. The molecule has 1 aliphatic rings. The minimum Gasteiger partial charge on any atom is -0.491 e. The Morgan fingerprint density at radius 3 is 2.18 bits per heavy atom. The fraction of sp³-hybridized carbons (Fsp3) is 0.321. The average Bonchev–Trinajstić information content (AvgIpc) is 2.87. The molecule has 1 aliphatic heterocycles. The predicted octanol–water partition coefficient (Wildman–Crippen LogP) is 5.20. The second kappa shape index (κ2) is 12.9. The first-order chi connectivity index (χ1) is 18.6. The Hall–Kier alpha value is -4.41. The van der Waals surface area contributed by atoms with Crippen LogP contribution in [0.3, 0.4) is 0 Å². The van der Waals surface area contributed by atoms with Gasteiger partial charge in [0, 0.05) is 38.4 Å². The van der Waals surface area contributed by atoms with Gasteiger partial charge in [-0.1, -0.05) is 13.8 Å². The number of esters is 2. The minimum atomic E-state index is -1.31. The van der Waals surface area contributed by atoms with Crippen molar-refractivity contribution in [1.29, 1.82) is 0 Å². The average molecular weight is 545 g/mol. The molecule has 1 saturated heterocycles. The number of carbonyl (C=O) groups excluding carboxylic acids is 2. The number of benzene rings is 2. The molecule has 1 fully saturated rings. The number of fused-ring (bicyclic) bond motifs is 1. The normalized spacial score (nSPS) is 14.1. The number of hydrogen-bond acceptors (Lipinski definition) is 8. The molecular weight excluding hydrogens is 514 g/mol. The van der Waals surface area contributed by atoms with Crippen molar-refractivity contribution >= 4 is 28.5 Å². The summed E-state index contributed by atoms with van der Waals surface area (Å²) in [7, 11) is 0. The number of carbonyl (C=O) groups is 2. The van der Waals surface area contributed by atoms with Crippen LogP contribution >= 0.6 is 0 Å². The van der Waals surface area contributed by atoms with Gasteiger partial charge in [-0.25, -0.2) is 18.4 Å². The van der Waals surface area contributed by atoms with Crippen molar-refractivity contribution in [2.45, 2.75) is 46.3 Å². The first-order valence-corrected chi connectivity index (χ1v) is 12.3. The molecule has 39 heavy (non-hydrogen) atoms. The van der Waals surface area contributed by atoms with Gasteiger partial charge >= 0.3 is 11.9 Å². The van der Waals surface area contributed by atoms with Gasteiger partial charge in [0.05, 0.1) is 29.8 Å². The van der Waals surface area contributed by atoms with Gasteiger partial charge in [0.15, 0.2) is 11.0 Å². The number of cyclic esters (lactones) is 2. The number of nitrogens with one attached hydrogen (secondary N) is 2. The zero-order valence-corrected chi connectivity index (χ0v) is 22.1. The summed E-state index contributed by atoms with van der Waals surface area (Å²) < 4.78 is 47.7. The molecule has 1 aromatic heterocycles. The summed E-state index contributed by atoms with van der Waals surface area (Å²) in [6.45, 7) is 7.82. The monoisotopic (exact) mass is 544 g/mol. The van der Waals surface area contributed by atoms with Crippen molar-refractivity contribution in [1.82, 2.24) is 4.98 Å². The van der Waals surface area contributed by atoms with E-state index in [1.54, 1.807) is 0 Å². The quantitative estimate of drug-likeness (QED) is 0.226. The van der Waals surface area contributed by atoms with Gasteiger partial charge in [0.1, 0.15) is 23.1 Å². The van der Waals surface area contributed by atoms with Crippen LogP contribution in [0.5, 0.6) is 11.5 Å². The lowest BCUT2D eigenvalue weighted by molar-refractivity contribution is -0.222. The van der Waals surface area contributed by atoms with Crippen LogP contribution < -0.4 is 20.2 Å². The number of aromatic amines is 1. The molecule has 4 rings (SSSR count). The van der Waals surface area contributed by atoms with E-state index in [2.05, 4.69) is 10.3 Å². The van der Waals surface area contributed by atoms with E-state index in [-0.39, 0.29) is 22.1 Å². The van der Waals surface area contributed by atoms with Crippen LogP contribution in [-0.4, -0.2) is 35.9 Å². The van der Waals surface area contributed by atoms with Gasteiger partial charge in [-0.2, -0.15) is 0 Å². The molecule has 2 aromatic carbocycles. The molecule has 0 spiro atoms. The number of ether oxygens (including phenoxy) is 4. The first kappa shape index (κ1) is 29.2. The topological polar surface area (TPSA) is 116 Å². The van der Waals surface area contributed by atoms with Gasteiger partial charge < -0.3 is 29.2 Å². The van der Waals surface area contributed by atoms with Crippen LogP contribution in [0.1, 0.15) is 40.5 Å². The van der Waals surface area contributed by atoms with Gasteiger partial charge in [0.25, 0.3) is 5.79 Å². The standard InChI is InChI=1S/C16H18FNO5.C12H12FNO2/c1-4-7-21-13-6-5-10(17)8-12(13)18-9-11-14(19)22-16(2,3)23-15(11)20;1-2-7-16-10-4-3-8(13)11-9(15)5-6-14-12(10)11/h5-6,8-9,18H,4,7H2,1-3H3;3-6H,2,7H2,1H3,(H,14,15). The van der Waals surface area contributed by atoms with E-state index in [9.17, 15) is 23.2 Å². The van der Waals surface area contributed by atoms with Crippen molar-refractivity contribution < 1.29 is 37.3 Å². The summed E-state index contributed by atoms with van der Waals surface area (Å²) in [5.41, 5.74) is 0.0561. The Bertz CT molecular complexity index is 1410. The summed E-state index contributed by atoms with van der Waals surface area (Å²) in [5.74, 6) is -3.03. The fourth-order valence-corrected chi connectivity index (χ4v) is 3.44. The van der Waals surface area contributed by atoms with Crippen LogP contribution in [0.25, 0.3) is 10.9 Å². The van der Waals surface area contributed by atoms with Gasteiger partial charge in [0.2, 0.25) is 0 Å². The third kappa shape index (κ3) is 7.56. The number of hydrogen-bond donors (Lipinski definition) is 2. The van der Waals surface area contributed by atoms with Crippen molar-refractivity contribution in [3.05, 3.63) is 76.2 Å². The fourth-order valence-electron chi connectivity index (χ4n) is 3.44. The van der Waals surface area contributed by atoms with Crippen molar-refractivity contribution in [2.75, 3.05) is 18.5 Å². The highest BCUT2D eigenvalue weighted by Gasteiger charge is 2.39. The molecule has 0 saturated carbocycles. The first-order valence-electron chi connectivity index (χ1n) is 12.3. The third-order valence-corrected chi connectivity index (χ3v) is 5.18. The SMILES string of the molecule is CCCOc1ccc(F)c2c(=O)cc[nH]c12.CCCOc1ccc(F)cc1NC=C1C(=O)OC(C)(C)OC1=O. The highest BCUT2D eigenvalue weighted by molar-refractivity contribution is 6.15. The Labute approximate surface area is 223 Å². The van der Waals surface area contributed by atoms with Crippen molar-refractivity contribution in [3.63, 3.8) is 0 Å². The maximum atomic E-state index is 13.5. The Kier molecular flexibility index (Phi) is 9.64. The molecule has 9 nitrogen and oxygen atoms in total. The molecule has 11 heteroatoms. The summed E-state index contributed by atoms with van der Waals surface area (Å²) in [4.78, 5) is 38.0. The highest BCUT2D eigenvalue weighted by atomic mass is 19.1. The molecule has 0 amide bonds. The zero-order chi connectivity index (χ0) is 28.6. The molecule has 2 heterocycles. The lowest BCUT2D eigenvalue weighted by atomic mass is 10.2. The van der Waals surface area contributed by atoms with E-state index in [0.717, 1.165) is 19.0 Å². The van der Waals surface area contributed by atoms with Crippen LogP contribution in [0.15, 0.2) is 59.2 Å². The second-order valence-electron chi connectivity index (χ2n) is 8.86. The van der Waals surface area contributed by atoms with Crippen LogP contribution in [0.4, 0.5) is 14.5 Å². The van der Waals surface area contributed by atoms with Crippen LogP contribution in [0.2, 0.25) is 0 Å². The molecule has 0 aliphatic carbocycles. The number of pyridine rings is 1. The summed E-state index contributed by atoms with van der Waals surface area (Å²) in [6, 6.07) is 8.01. The third-order valence-electron chi connectivity index (χ3n) is 5.18. The number of rotatable bonds is 8. The molecule has 0 bridgehead atoms. The Morgan fingerprint density at radius 1 is 0.923 bits per heavy atom. The van der Waals surface area contributed by atoms with E-state index in [0.29, 0.717) is 30.2 Å². The van der Waals surface area contributed by atoms with E-state index in [1.165, 1.54) is 56.4 Å². The maximum absolute atomic E-state index is 13.5. The number of aromatic nitrogens is 1. The molecule has 0 atom stereocenters. The maximum Gasteiger partial charge on any atom is 0.350 e. The molecule has 0 unspecified atom stereocenters.